The lowest BCUT2D eigenvalue weighted by molar-refractivity contribution is -0.330. The first-order chi connectivity index (χ1) is 22.7. The van der Waals surface area contributed by atoms with Crippen molar-refractivity contribution in [3.8, 4) is 0 Å². The molecule has 1 aliphatic heterocycles. The van der Waals surface area contributed by atoms with Gasteiger partial charge in [0.1, 0.15) is 29.8 Å². The third-order valence-corrected chi connectivity index (χ3v) is 15.5. The Morgan fingerprint density at radius 2 is 1.57 bits per heavy atom. The highest BCUT2D eigenvalue weighted by Crippen LogP contribution is 2.76. The highest BCUT2D eigenvalue weighted by Gasteiger charge is 2.71. The van der Waals surface area contributed by atoms with Gasteiger partial charge in [-0.05, 0) is 103 Å². The first-order valence-corrected chi connectivity index (χ1v) is 18.4. The van der Waals surface area contributed by atoms with Crippen LogP contribution in [0.3, 0.4) is 0 Å². The fourth-order valence-corrected chi connectivity index (χ4v) is 12.5. The highest BCUT2D eigenvalue weighted by atomic mass is 16.7. The molecule has 0 aromatic rings. The van der Waals surface area contributed by atoms with Crippen LogP contribution in [-0.4, -0.2) is 98.7 Å². The van der Waals surface area contributed by atoms with Crippen LogP contribution in [-0.2, 0) is 23.8 Å². The van der Waals surface area contributed by atoms with E-state index in [9.17, 15) is 40.2 Å². The molecule has 0 bridgehead atoms. The summed E-state index contributed by atoms with van der Waals surface area (Å²) < 4.78 is 17.6. The molecule has 6 aliphatic rings. The summed E-state index contributed by atoms with van der Waals surface area (Å²) in [5, 5.41) is 62.6. The Kier molecular flexibility index (Phi) is 9.28. The van der Waals surface area contributed by atoms with Gasteiger partial charge in [-0.3, -0.25) is 4.79 Å². The van der Waals surface area contributed by atoms with Crippen LogP contribution in [0.25, 0.3) is 0 Å². The zero-order valence-corrected chi connectivity index (χ0v) is 30.4. The number of aliphatic hydroxyl groups excluding tert-OH is 5. The molecule has 1 saturated heterocycles. The molecule has 11 heteroatoms. The number of esters is 1. The van der Waals surface area contributed by atoms with Gasteiger partial charge in [0.15, 0.2) is 12.9 Å². The van der Waals surface area contributed by atoms with Gasteiger partial charge in [0, 0.05) is 0 Å². The van der Waals surface area contributed by atoms with Crippen LogP contribution in [0.15, 0.2) is 11.6 Å². The predicted molar refractivity (Wildman–Crippen MR) is 178 cm³/mol. The van der Waals surface area contributed by atoms with Crippen LogP contribution in [0.2, 0.25) is 0 Å². The third-order valence-electron chi connectivity index (χ3n) is 15.5. The first-order valence-electron chi connectivity index (χ1n) is 18.4. The summed E-state index contributed by atoms with van der Waals surface area (Å²) in [6, 6.07) is 0. The van der Waals surface area contributed by atoms with Gasteiger partial charge in [0.05, 0.1) is 18.8 Å². The molecule has 0 aromatic heterocycles. The van der Waals surface area contributed by atoms with Gasteiger partial charge >= 0.3 is 11.9 Å². The van der Waals surface area contributed by atoms with Crippen molar-refractivity contribution in [3.63, 3.8) is 0 Å². The average Bonchev–Trinajstić information content (AvgIpc) is 3.01. The number of rotatable bonds is 6. The summed E-state index contributed by atoms with van der Waals surface area (Å²) in [4.78, 5) is 25.2. The van der Waals surface area contributed by atoms with E-state index in [1.165, 1.54) is 5.57 Å². The van der Waals surface area contributed by atoms with Gasteiger partial charge < -0.3 is 44.8 Å². The SMILES string of the molecule is CC1(C)CC[C@]2(C(=O)OCC(=O)O)C(O)C[C@]3(C)C(=CC[C@@H]4[C@@]5(C)CC[C@H](O[C@@H]6O[C@H](CO)[C@@H](O)[C@H](O)[C@H]6O)C(C)(C)[C@@H]5CC[C@]43C)[C@@H]2C1. The van der Waals surface area contributed by atoms with Crippen molar-refractivity contribution in [3.05, 3.63) is 11.6 Å². The molecule has 0 radical (unpaired) electrons. The topological polar surface area (TPSA) is 183 Å². The Morgan fingerprint density at radius 3 is 2.22 bits per heavy atom. The molecular weight excluding hydrogens is 632 g/mol. The van der Waals surface area contributed by atoms with Gasteiger partial charge in [-0.2, -0.15) is 0 Å². The minimum atomic E-state index is -1.49. The third kappa shape index (κ3) is 5.38. The molecule has 5 fully saturated rings. The lowest BCUT2D eigenvalue weighted by Gasteiger charge is -2.71. The van der Waals surface area contributed by atoms with Gasteiger partial charge in [0.25, 0.3) is 0 Å². The summed E-state index contributed by atoms with van der Waals surface area (Å²) in [6.07, 6.45) is 1.12. The van der Waals surface area contributed by atoms with Crippen LogP contribution in [0.4, 0.5) is 0 Å². The van der Waals surface area contributed by atoms with E-state index in [-0.39, 0.29) is 50.9 Å². The Balaban J connectivity index is 1.31. The van der Waals surface area contributed by atoms with Crippen molar-refractivity contribution in [1.82, 2.24) is 0 Å². The molecule has 4 saturated carbocycles. The van der Waals surface area contributed by atoms with Crippen LogP contribution < -0.4 is 0 Å². The number of carbonyl (C=O) groups is 2. The highest BCUT2D eigenvalue weighted by molar-refractivity contribution is 5.82. The second-order valence-corrected chi connectivity index (χ2v) is 18.6. The number of carbonyl (C=O) groups excluding carboxylic acids is 1. The summed E-state index contributed by atoms with van der Waals surface area (Å²) in [6.45, 7) is 14.7. The molecule has 278 valence electrons. The molecular formula is C38H60O11. The van der Waals surface area contributed by atoms with Crippen molar-refractivity contribution in [1.29, 1.82) is 0 Å². The standard InChI is InChI=1S/C38H60O11/c1-33(2)14-15-38(32(46)47-19-27(41)42)21(16-33)20-8-9-24-35(5)12-11-26(49-31-30(45)29(44)28(43)22(18-39)48-31)34(3,4)23(35)10-13-36(24,6)37(20,7)17-25(38)40/h8,21-26,28-31,39-40,43-45H,9-19H2,1-7H3,(H,41,42)/t21-,22+,23-,24+,25?,26-,28+,29-,30+,31-,35-,36+,37+,38+/m0/s1. The minimum absolute atomic E-state index is 0.0508. The number of aliphatic carboxylic acids is 1. The number of carboxylic acid groups (broad SMARTS) is 1. The van der Waals surface area contributed by atoms with Crippen LogP contribution in [0, 0.1) is 50.2 Å². The lowest BCUT2D eigenvalue weighted by Crippen LogP contribution is -2.68. The second kappa shape index (κ2) is 12.2. The van der Waals surface area contributed by atoms with E-state index in [0.717, 1.165) is 38.5 Å². The molecule has 0 spiro atoms. The fourth-order valence-electron chi connectivity index (χ4n) is 12.5. The van der Waals surface area contributed by atoms with Gasteiger partial charge in [-0.25, -0.2) is 4.79 Å². The fraction of sp³-hybridized carbons (Fsp3) is 0.895. The van der Waals surface area contributed by atoms with Crippen molar-refractivity contribution >= 4 is 11.9 Å². The molecule has 1 unspecified atom stereocenters. The molecule has 49 heavy (non-hydrogen) atoms. The van der Waals surface area contributed by atoms with E-state index in [1.54, 1.807) is 0 Å². The molecule has 11 nitrogen and oxygen atoms in total. The van der Waals surface area contributed by atoms with Crippen LogP contribution in [0.5, 0.6) is 0 Å². The van der Waals surface area contributed by atoms with Crippen molar-refractivity contribution < 1.29 is 54.4 Å². The smallest absolute Gasteiger partial charge is 0.341 e. The van der Waals surface area contributed by atoms with Gasteiger partial charge in [-0.1, -0.05) is 60.1 Å². The summed E-state index contributed by atoms with van der Waals surface area (Å²) in [5.74, 6) is -1.49. The first kappa shape index (κ1) is 37.2. The maximum Gasteiger partial charge on any atom is 0.341 e. The summed E-state index contributed by atoms with van der Waals surface area (Å²) in [5.41, 5.74) is -0.955. The van der Waals surface area contributed by atoms with Crippen LogP contribution >= 0.6 is 0 Å². The Hall–Kier alpha value is -1.60. The van der Waals surface area contributed by atoms with Gasteiger partial charge in [0.2, 0.25) is 0 Å². The molecule has 14 atom stereocenters. The quantitative estimate of drug-likeness (QED) is 0.136. The molecule has 0 aromatic carbocycles. The molecule has 0 amide bonds. The Bertz CT molecular complexity index is 1340. The predicted octanol–water partition coefficient (Wildman–Crippen LogP) is 3.57. The van der Waals surface area contributed by atoms with E-state index in [1.807, 2.05) is 0 Å². The number of hydrogen-bond donors (Lipinski definition) is 6. The number of carboxylic acids is 1. The number of ether oxygens (including phenoxy) is 3. The lowest BCUT2D eigenvalue weighted by atomic mass is 9.33. The summed E-state index contributed by atoms with van der Waals surface area (Å²) >= 11 is 0. The minimum Gasteiger partial charge on any atom is -0.479 e. The summed E-state index contributed by atoms with van der Waals surface area (Å²) in [7, 11) is 0. The van der Waals surface area contributed by atoms with E-state index in [0.29, 0.717) is 19.3 Å². The number of fused-ring (bicyclic) bond motifs is 7. The average molecular weight is 693 g/mol. The number of aliphatic hydroxyl groups is 5. The maximum atomic E-state index is 13.8. The second-order valence-electron chi connectivity index (χ2n) is 18.6. The zero-order valence-electron chi connectivity index (χ0n) is 30.4. The van der Waals surface area contributed by atoms with Crippen molar-refractivity contribution in [2.75, 3.05) is 13.2 Å². The van der Waals surface area contributed by atoms with Gasteiger partial charge in [-0.15, -0.1) is 0 Å². The molecule has 6 rings (SSSR count). The zero-order chi connectivity index (χ0) is 36.1. The number of hydrogen-bond acceptors (Lipinski definition) is 10. The largest absolute Gasteiger partial charge is 0.479 e. The Labute approximate surface area is 290 Å². The van der Waals surface area contributed by atoms with E-state index < -0.39 is 67.4 Å². The van der Waals surface area contributed by atoms with Crippen molar-refractivity contribution in [2.45, 2.75) is 149 Å². The normalized spacial score (nSPS) is 50.1. The number of allylic oxidation sites excluding steroid dienone is 2. The van der Waals surface area contributed by atoms with E-state index >= 15 is 0 Å². The van der Waals surface area contributed by atoms with Crippen LogP contribution in [0.1, 0.15) is 106 Å². The molecule has 5 aliphatic carbocycles. The maximum absolute atomic E-state index is 13.8. The van der Waals surface area contributed by atoms with Crippen molar-refractivity contribution in [2.24, 2.45) is 50.2 Å². The monoisotopic (exact) mass is 692 g/mol. The van der Waals surface area contributed by atoms with E-state index in [2.05, 4.69) is 54.5 Å². The molecule has 6 N–H and O–H groups in total. The molecule has 1 heterocycles. The Morgan fingerprint density at radius 1 is 0.878 bits per heavy atom. The van der Waals surface area contributed by atoms with E-state index in [4.69, 9.17) is 14.2 Å².